The van der Waals surface area contributed by atoms with Crippen LogP contribution in [0.15, 0.2) is 36.8 Å². The van der Waals surface area contributed by atoms with E-state index in [0.717, 1.165) is 42.8 Å². The van der Waals surface area contributed by atoms with Crippen LogP contribution in [0, 0.1) is 0 Å². The van der Waals surface area contributed by atoms with E-state index in [-0.39, 0.29) is 0 Å². The van der Waals surface area contributed by atoms with Crippen molar-refractivity contribution >= 4 is 11.1 Å². The van der Waals surface area contributed by atoms with E-state index in [4.69, 9.17) is 14.2 Å². The van der Waals surface area contributed by atoms with Crippen LogP contribution in [0.5, 0.6) is 0 Å². The smallest absolute Gasteiger partial charge is 0.0895 e. The SMILES string of the molecule is CCCO/C=C(\C)c1cccc(/C(C)=C/OCCCOC)c1. The van der Waals surface area contributed by atoms with Crippen molar-refractivity contribution in [2.75, 3.05) is 26.9 Å². The second kappa shape index (κ2) is 10.9. The molecule has 0 N–H and O–H groups in total. The lowest BCUT2D eigenvalue weighted by atomic mass is 10.0. The molecule has 0 unspecified atom stereocenters. The minimum atomic E-state index is 0.675. The van der Waals surface area contributed by atoms with Gasteiger partial charge in [0.2, 0.25) is 0 Å². The highest BCUT2D eigenvalue weighted by Crippen LogP contribution is 2.20. The molecule has 0 aliphatic rings. The molecule has 122 valence electrons. The number of ether oxygens (including phenoxy) is 3. The van der Waals surface area contributed by atoms with E-state index >= 15 is 0 Å². The van der Waals surface area contributed by atoms with E-state index in [2.05, 4.69) is 45.0 Å². The molecule has 3 heteroatoms. The fraction of sp³-hybridized carbons (Fsp3) is 0.474. The molecule has 0 saturated carbocycles. The largest absolute Gasteiger partial charge is 0.501 e. The summed E-state index contributed by atoms with van der Waals surface area (Å²) >= 11 is 0. The minimum absolute atomic E-state index is 0.675. The molecule has 0 bridgehead atoms. The number of benzene rings is 1. The molecule has 1 aromatic rings. The lowest BCUT2D eigenvalue weighted by Crippen LogP contribution is -1.95. The Kier molecular flexibility index (Phi) is 9.08. The van der Waals surface area contributed by atoms with Gasteiger partial charge < -0.3 is 14.2 Å². The van der Waals surface area contributed by atoms with Crippen LogP contribution in [0.4, 0.5) is 0 Å². The van der Waals surface area contributed by atoms with Crippen molar-refractivity contribution in [3.05, 3.63) is 47.9 Å². The van der Waals surface area contributed by atoms with Gasteiger partial charge in [0.15, 0.2) is 0 Å². The Bertz CT molecular complexity index is 489. The topological polar surface area (TPSA) is 27.7 Å². The Morgan fingerprint density at radius 1 is 0.955 bits per heavy atom. The molecule has 0 spiro atoms. The van der Waals surface area contributed by atoms with Crippen LogP contribution in [0.3, 0.4) is 0 Å². The highest BCUT2D eigenvalue weighted by atomic mass is 16.5. The van der Waals surface area contributed by atoms with Gasteiger partial charge >= 0.3 is 0 Å². The van der Waals surface area contributed by atoms with E-state index in [1.165, 1.54) is 5.56 Å². The monoisotopic (exact) mass is 304 g/mol. The van der Waals surface area contributed by atoms with Crippen molar-refractivity contribution in [2.45, 2.75) is 33.6 Å². The molecule has 0 aliphatic carbocycles. The van der Waals surface area contributed by atoms with Gasteiger partial charge in [-0.1, -0.05) is 25.1 Å². The molecule has 0 aromatic heterocycles. The predicted octanol–water partition coefficient (Wildman–Crippen LogP) is 4.89. The van der Waals surface area contributed by atoms with Crippen molar-refractivity contribution in [3.63, 3.8) is 0 Å². The lowest BCUT2D eigenvalue weighted by molar-refractivity contribution is 0.157. The van der Waals surface area contributed by atoms with Gasteiger partial charge in [-0.05, 0) is 48.6 Å². The highest BCUT2D eigenvalue weighted by Gasteiger charge is 2.01. The Balaban J connectivity index is 2.66. The van der Waals surface area contributed by atoms with Crippen LogP contribution in [-0.2, 0) is 14.2 Å². The Morgan fingerprint density at radius 3 is 2.09 bits per heavy atom. The van der Waals surface area contributed by atoms with Crippen LogP contribution in [0.1, 0.15) is 44.7 Å². The van der Waals surface area contributed by atoms with Crippen molar-refractivity contribution in [3.8, 4) is 0 Å². The molecule has 0 aliphatic heterocycles. The molecule has 0 saturated heterocycles. The lowest BCUT2D eigenvalue weighted by Gasteiger charge is -2.08. The number of methoxy groups -OCH3 is 1. The fourth-order valence-corrected chi connectivity index (χ4v) is 1.92. The summed E-state index contributed by atoms with van der Waals surface area (Å²) in [5.41, 5.74) is 4.57. The zero-order valence-electron chi connectivity index (χ0n) is 14.2. The van der Waals surface area contributed by atoms with E-state index in [1.54, 1.807) is 7.11 Å². The third-order valence-corrected chi connectivity index (χ3v) is 3.23. The van der Waals surface area contributed by atoms with Gasteiger partial charge in [0.05, 0.1) is 25.7 Å². The van der Waals surface area contributed by atoms with Crippen molar-refractivity contribution in [1.29, 1.82) is 0 Å². The first-order valence-electron chi connectivity index (χ1n) is 7.85. The van der Waals surface area contributed by atoms with E-state index < -0.39 is 0 Å². The van der Waals surface area contributed by atoms with E-state index in [1.807, 2.05) is 12.5 Å². The maximum atomic E-state index is 5.55. The van der Waals surface area contributed by atoms with Gasteiger partial charge in [0.1, 0.15) is 0 Å². The molecule has 1 rings (SSSR count). The van der Waals surface area contributed by atoms with Gasteiger partial charge in [-0.2, -0.15) is 0 Å². The summed E-state index contributed by atoms with van der Waals surface area (Å²) < 4.78 is 16.0. The second-order valence-electron chi connectivity index (χ2n) is 5.27. The molecule has 0 fully saturated rings. The second-order valence-corrected chi connectivity index (χ2v) is 5.27. The summed E-state index contributed by atoms with van der Waals surface area (Å²) in [7, 11) is 1.70. The van der Waals surface area contributed by atoms with E-state index in [0.29, 0.717) is 6.61 Å². The standard InChI is InChI=1S/C19H28O3/c1-5-10-21-14-16(2)18-8-6-9-19(13-18)17(3)15-22-12-7-11-20-4/h6,8-9,13-15H,5,7,10-12H2,1-4H3/b16-14+,17-15+. The molecule has 1 aromatic carbocycles. The maximum absolute atomic E-state index is 5.55. The Morgan fingerprint density at radius 2 is 1.55 bits per heavy atom. The number of allylic oxidation sites excluding steroid dienone is 2. The maximum Gasteiger partial charge on any atom is 0.0895 e. The number of rotatable bonds is 10. The zero-order chi connectivity index (χ0) is 16.2. The van der Waals surface area contributed by atoms with Gasteiger partial charge in [-0.3, -0.25) is 0 Å². The average Bonchev–Trinajstić information content (AvgIpc) is 2.54. The van der Waals surface area contributed by atoms with Crippen LogP contribution in [0.2, 0.25) is 0 Å². The Hall–Kier alpha value is -1.74. The number of hydrogen-bond acceptors (Lipinski definition) is 3. The first-order valence-corrected chi connectivity index (χ1v) is 7.85. The molecular formula is C19H28O3. The first-order chi connectivity index (χ1) is 10.7. The van der Waals surface area contributed by atoms with Crippen LogP contribution in [0.25, 0.3) is 11.1 Å². The zero-order valence-corrected chi connectivity index (χ0v) is 14.2. The van der Waals surface area contributed by atoms with Crippen molar-refractivity contribution in [2.24, 2.45) is 0 Å². The van der Waals surface area contributed by atoms with Crippen LogP contribution in [-0.4, -0.2) is 26.9 Å². The third kappa shape index (κ3) is 6.81. The first kappa shape index (κ1) is 18.3. The third-order valence-electron chi connectivity index (χ3n) is 3.23. The van der Waals surface area contributed by atoms with Crippen LogP contribution >= 0.6 is 0 Å². The minimum Gasteiger partial charge on any atom is -0.501 e. The summed E-state index contributed by atoms with van der Waals surface area (Å²) in [6.07, 6.45) is 5.58. The van der Waals surface area contributed by atoms with Gasteiger partial charge in [0, 0.05) is 20.1 Å². The van der Waals surface area contributed by atoms with E-state index in [9.17, 15) is 0 Å². The molecule has 3 nitrogen and oxygen atoms in total. The number of hydrogen-bond donors (Lipinski definition) is 0. The Labute approximate surface area is 134 Å². The predicted molar refractivity (Wildman–Crippen MR) is 92.4 cm³/mol. The average molecular weight is 304 g/mol. The van der Waals surface area contributed by atoms with Crippen LogP contribution < -0.4 is 0 Å². The summed E-state index contributed by atoms with van der Waals surface area (Å²) in [6.45, 7) is 8.38. The van der Waals surface area contributed by atoms with Gasteiger partial charge in [-0.15, -0.1) is 0 Å². The summed E-state index contributed by atoms with van der Waals surface area (Å²) in [4.78, 5) is 0. The molecule has 0 heterocycles. The highest BCUT2D eigenvalue weighted by molar-refractivity contribution is 5.70. The summed E-state index contributed by atoms with van der Waals surface area (Å²) in [5.74, 6) is 0. The van der Waals surface area contributed by atoms with Gasteiger partial charge in [0.25, 0.3) is 0 Å². The van der Waals surface area contributed by atoms with Crippen molar-refractivity contribution in [1.82, 2.24) is 0 Å². The molecule has 22 heavy (non-hydrogen) atoms. The normalized spacial score (nSPS) is 12.4. The van der Waals surface area contributed by atoms with Crippen molar-refractivity contribution < 1.29 is 14.2 Å². The molecule has 0 radical (unpaired) electrons. The molecule has 0 atom stereocenters. The summed E-state index contributed by atoms with van der Waals surface area (Å²) in [5, 5.41) is 0. The quantitative estimate of drug-likeness (QED) is 0.455. The summed E-state index contributed by atoms with van der Waals surface area (Å²) in [6, 6.07) is 8.40. The molecule has 0 amide bonds. The molecular weight excluding hydrogens is 276 g/mol. The fourth-order valence-electron chi connectivity index (χ4n) is 1.92. The van der Waals surface area contributed by atoms with Gasteiger partial charge in [-0.25, -0.2) is 0 Å².